The van der Waals surface area contributed by atoms with Crippen LogP contribution in [0.2, 0.25) is 0 Å². The SMILES string of the molecule is O=C(O)c1cccn(C(CO)c2ccc(F)c(F)c2)c1=O. The molecule has 0 aliphatic heterocycles. The highest BCUT2D eigenvalue weighted by molar-refractivity contribution is 5.87. The number of carboxylic acids is 1. The Balaban J connectivity index is 2.56. The van der Waals surface area contributed by atoms with Crippen molar-refractivity contribution in [3.8, 4) is 0 Å². The maximum atomic E-state index is 13.3. The summed E-state index contributed by atoms with van der Waals surface area (Å²) >= 11 is 0. The fraction of sp³-hybridized carbons (Fsp3) is 0.143. The summed E-state index contributed by atoms with van der Waals surface area (Å²) in [6.07, 6.45) is 1.27. The van der Waals surface area contributed by atoms with E-state index in [1.54, 1.807) is 0 Å². The van der Waals surface area contributed by atoms with Crippen molar-refractivity contribution in [3.63, 3.8) is 0 Å². The molecule has 0 fully saturated rings. The first-order chi connectivity index (χ1) is 9.95. The summed E-state index contributed by atoms with van der Waals surface area (Å²) < 4.78 is 27.2. The van der Waals surface area contributed by atoms with Crippen molar-refractivity contribution in [3.05, 3.63) is 69.6 Å². The zero-order valence-corrected chi connectivity index (χ0v) is 10.7. The minimum atomic E-state index is -1.41. The van der Waals surface area contributed by atoms with Crippen molar-refractivity contribution in [1.29, 1.82) is 0 Å². The number of aromatic nitrogens is 1. The molecule has 0 bridgehead atoms. The van der Waals surface area contributed by atoms with Gasteiger partial charge < -0.3 is 14.8 Å². The van der Waals surface area contributed by atoms with Crippen LogP contribution in [-0.2, 0) is 0 Å². The molecule has 2 aromatic rings. The van der Waals surface area contributed by atoms with E-state index in [4.69, 9.17) is 5.11 Å². The molecule has 1 aromatic carbocycles. The Labute approximate surface area is 117 Å². The number of hydrogen-bond donors (Lipinski definition) is 2. The highest BCUT2D eigenvalue weighted by atomic mass is 19.2. The summed E-state index contributed by atoms with van der Waals surface area (Å²) in [5.74, 6) is -3.58. The fourth-order valence-electron chi connectivity index (χ4n) is 1.99. The topological polar surface area (TPSA) is 79.5 Å². The third-order valence-electron chi connectivity index (χ3n) is 3.04. The molecule has 1 atom stereocenters. The lowest BCUT2D eigenvalue weighted by molar-refractivity contribution is 0.0693. The summed E-state index contributed by atoms with van der Waals surface area (Å²) in [4.78, 5) is 23.0. The zero-order valence-electron chi connectivity index (χ0n) is 10.7. The molecule has 5 nitrogen and oxygen atoms in total. The molecule has 0 saturated heterocycles. The molecule has 0 radical (unpaired) electrons. The van der Waals surface area contributed by atoms with Crippen molar-refractivity contribution >= 4 is 5.97 Å². The molecule has 0 saturated carbocycles. The Kier molecular flexibility index (Phi) is 4.13. The highest BCUT2D eigenvalue weighted by Crippen LogP contribution is 2.19. The number of benzene rings is 1. The van der Waals surface area contributed by atoms with E-state index in [2.05, 4.69) is 0 Å². The van der Waals surface area contributed by atoms with Crippen molar-refractivity contribution < 1.29 is 23.8 Å². The summed E-state index contributed by atoms with van der Waals surface area (Å²) in [6, 6.07) is 4.40. The number of carbonyl (C=O) groups is 1. The Bertz CT molecular complexity index is 742. The molecule has 0 aliphatic rings. The predicted molar refractivity (Wildman–Crippen MR) is 69.2 cm³/mol. The van der Waals surface area contributed by atoms with E-state index in [1.165, 1.54) is 18.3 Å². The molecular formula is C14H11F2NO4. The van der Waals surface area contributed by atoms with Crippen LogP contribution in [0.25, 0.3) is 0 Å². The van der Waals surface area contributed by atoms with Gasteiger partial charge >= 0.3 is 5.97 Å². The number of hydrogen-bond acceptors (Lipinski definition) is 3. The minimum Gasteiger partial charge on any atom is -0.477 e. The smallest absolute Gasteiger partial charge is 0.341 e. The van der Waals surface area contributed by atoms with Gasteiger partial charge in [0.15, 0.2) is 11.6 Å². The second-order valence-electron chi connectivity index (χ2n) is 4.31. The van der Waals surface area contributed by atoms with Gasteiger partial charge in [-0.15, -0.1) is 0 Å². The van der Waals surface area contributed by atoms with E-state index in [9.17, 15) is 23.5 Å². The molecule has 0 spiro atoms. The number of nitrogens with zero attached hydrogens (tertiary/aromatic N) is 1. The summed E-state index contributed by atoms with van der Waals surface area (Å²) in [5, 5.41) is 18.3. The number of aromatic carboxylic acids is 1. The maximum Gasteiger partial charge on any atom is 0.341 e. The molecule has 2 N–H and O–H groups in total. The molecule has 1 unspecified atom stereocenters. The lowest BCUT2D eigenvalue weighted by Crippen LogP contribution is -2.31. The summed E-state index contributed by atoms with van der Waals surface area (Å²) in [5.41, 5.74) is -1.16. The van der Waals surface area contributed by atoms with Gasteiger partial charge in [-0.05, 0) is 29.8 Å². The number of halogens is 2. The molecule has 0 amide bonds. The van der Waals surface area contributed by atoms with Crippen LogP contribution in [0, 0.1) is 11.6 Å². The number of aliphatic hydroxyl groups excluding tert-OH is 1. The second-order valence-corrected chi connectivity index (χ2v) is 4.31. The first-order valence-electron chi connectivity index (χ1n) is 5.96. The normalized spacial score (nSPS) is 12.1. The molecule has 2 rings (SSSR count). The van der Waals surface area contributed by atoms with Gasteiger partial charge in [0.25, 0.3) is 5.56 Å². The van der Waals surface area contributed by atoms with Gasteiger partial charge in [-0.3, -0.25) is 4.79 Å². The molecule has 110 valence electrons. The average Bonchev–Trinajstić information content (AvgIpc) is 2.45. The van der Waals surface area contributed by atoms with Crippen LogP contribution in [0.3, 0.4) is 0 Å². The molecule has 1 heterocycles. The first-order valence-corrected chi connectivity index (χ1v) is 5.96. The Morgan fingerprint density at radius 3 is 2.52 bits per heavy atom. The molecule has 21 heavy (non-hydrogen) atoms. The van der Waals surface area contributed by atoms with Crippen LogP contribution in [0.4, 0.5) is 8.78 Å². The van der Waals surface area contributed by atoms with Crippen LogP contribution in [0.15, 0.2) is 41.3 Å². The molecular weight excluding hydrogens is 284 g/mol. The Morgan fingerprint density at radius 1 is 1.24 bits per heavy atom. The van der Waals surface area contributed by atoms with Gasteiger partial charge in [0, 0.05) is 6.20 Å². The zero-order chi connectivity index (χ0) is 15.6. The van der Waals surface area contributed by atoms with Crippen LogP contribution in [-0.4, -0.2) is 27.4 Å². The van der Waals surface area contributed by atoms with Crippen LogP contribution in [0.1, 0.15) is 22.0 Å². The minimum absolute atomic E-state index is 0.154. The van der Waals surface area contributed by atoms with E-state index < -0.39 is 41.4 Å². The molecule has 0 aliphatic carbocycles. The van der Waals surface area contributed by atoms with Crippen molar-refractivity contribution in [1.82, 2.24) is 4.57 Å². The van der Waals surface area contributed by atoms with Crippen molar-refractivity contribution in [2.24, 2.45) is 0 Å². The summed E-state index contributed by atoms with van der Waals surface area (Å²) in [7, 11) is 0. The quantitative estimate of drug-likeness (QED) is 0.893. The number of aliphatic hydroxyl groups is 1. The Morgan fingerprint density at radius 2 is 1.95 bits per heavy atom. The standard InChI is InChI=1S/C14H11F2NO4/c15-10-4-3-8(6-11(10)16)12(7-18)17-5-1-2-9(13(17)19)14(20)21/h1-6,12,18H,7H2,(H,20,21). The molecule has 1 aromatic heterocycles. The van der Waals surface area contributed by atoms with Gasteiger partial charge in [-0.1, -0.05) is 6.07 Å². The van der Waals surface area contributed by atoms with Crippen molar-refractivity contribution in [2.45, 2.75) is 6.04 Å². The van der Waals surface area contributed by atoms with Crippen LogP contribution < -0.4 is 5.56 Å². The fourth-order valence-corrected chi connectivity index (χ4v) is 1.99. The van der Waals surface area contributed by atoms with Gasteiger partial charge in [0.1, 0.15) is 5.56 Å². The summed E-state index contributed by atoms with van der Waals surface area (Å²) in [6.45, 7) is -0.575. The largest absolute Gasteiger partial charge is 0.477 e. The van der Waals surface area contributed by atoms with Crippen LogP contribution in [0.5, 0.6) is 0 Å². The van der Waals surface area contributed by atoms with E-state index in [1.807, 2.05) is 0 Å². The monoisotopic (exact) mass is 295 g/mol. The highest BCUT2D eigenvalue weighted by Gasteiger charge is 2.19. The molecule has 7 heteroatoms. The van der Waals surface area contributed by atoms with Crippen LogP contribution >= 0.6 is 0 Å². The van der Waals surface area contributed by atoms with E-state index in [0.29, 0.717) is 0 Å². The average molecular weight is 295 g/mol. The number of carboxylic acid groups (broad SMARTS) is 1. The third kappa shape index (κ3) is 2.82. The van der Waals surface area contributed by atoms with E-state index in [-0.39, 0.29) is 5.56 Å². The predicted octanol–water partition coefficient (Wildman–Crippen LogP) is 1.41. The van der Waals surface area contributed by atoms with Gasteiger partial charge in [-0.25, -0.2) is 13.6 Å². The first kappa shape index (κ1) is 14.9. The third-order valence-corrected chi connectivity index (χ3v) is 3.04. The van der Waals surface area contributed by atoms with Gasteiger partial charge in [-0.2, -0.15) is 0 Å². The number of rotatable bonds is 4. The Hall–Kier alpha value is -2.54. The second kappa shape index (κ2) is 5.84. The van der Waals surface area contributed by atoms with E-state index >= 15 is 0 Å². The van der Waals surface area contributed by atoms with Crippen molar-refractivity contribution in [2.75, 3.05) is 6.61 Å². The van der Waals surface area contributed by atoms with Gasteiger partial charge in [0.05, 0.1) is 12.6 Å². The number of pyridine rings is 1. The lowest BCUT2D eigenvalue weighted by atomic mass is 10.1. The van der Waals surface area contributed by atoms with E-state index in [0.717, 1.165) is 22.8 Å². The van der Waals surface area contributed by atoms with Gasteiger partial charge in [0.2, 0.25) is 0 Å². The lowest BCUT2D eigenvalue weighted by Gasteiger charge is -2.18. The maximum absolute atomic E-state index is 13.3.